The molecule has 0 saturated carbocycles. The van der Waals surface area contributed by atoms with Gasteiger partial charge in [0.25, 0.3) is 0 Å². The quantitative estimate of drug-likeness (QED) is 0.672. The van der Waals surface area contributed by atoms with Gasteiger partial charge in [0, 0.05) is 48.7 Å². The van der Waals surface area contributed by atoms with Gasteiger partial charge in [0.05, 0.1) is 18.4 Å². The van der Waals surface area contributed by atoms with Gasteiger partial charge in [0.2, 0.25) is 0 Å². The van der Waals surface area contributed by atoms with Gasteiger partial charge < -0.3 is 14.2 Å². The van der Waals surface area contributed by atoms with E-state index in [9.17, 15) is 0 Å². The second-order valence-corrected chi connectivity index (χ2v) is 6.73. The summed E-state index contributed by atoms with van der Waals surface area (Å²) in [6.45, 7) is 5.68. The van der Waals surface area contributed by atoms with Crippen molar-refractivity contribution in [3.63, 3.8) is 0 Å². The molecule has 0 spiro atoms. The third-order valence-corrected chi connectivity index (χ3v) is 4.98. The summed E-state index contributed by atoms with van der Waals surface area (Å²) in [5.41, 5.74) is 6.36. The lowest BCUT2D eigenvalue weighted by molar-refractivity contribution is 0.393. The van der Waals surface area contributed by atoms with Crippen molar-refractivity contribution in [2.24, 2.45) is 0 Å². The van der Waals surface area contributed by atoms with Crippen molar-refractivity contribution in [2.75, 3.05) is 25.1 Å². The second kappa shape index (κ2) is 7.27. The van der Waals surface area contributed by atoms with E-state index in [1.807, 2.05) is 32.2 Å². The fraction of sp³-hybridized carbons (Fsp3) is 0.273. The highest BCUT2D eigenvalue weighted by Crippen LogP contribution is 2.40. The molecule has 5 heteroatoms. The van der Waals surface area contributed by atoms with E-state index in [-0.39, 0.29) is 0 Å². The molecule has 0 bridgehead atoms. The Balaban J connectivity index is 1.68. The van der Waals surface area contributed by atoms with E-state index in [4.69, 9.17) is 9.26 Å². The molecule has 0 amide bonds. The molecule has 1 aromatic carbocycles. The number of aromatic nitrogens is 2. The molecule has 2 aromatic heterocycles. The molecule has 4 rings (SSSR count). The van der Waals surface area contributed by atoms with E-state index in [1.54, 1.807) is 7.11 Å². The van der Waals surface area contributed by atoms with Crippen molar-refractivity contribution >= 4 is 11.8 Å². The van der Waals surface area contributed by atoms with Crippen LogP contribution >= 0.6 is 0 Å². The maximum Gasteiger partial charge on any atom is 0.141 e. The predicted molar refractivity (Wildman–Crippen MR) is 107 cm³/mol. The number of hydrogen-bond donors (Lipinski definition) is 0. The van der Waals surface area contributed by atoms with Crippen LogP contribution in [-0.2, 0) is 6.42 Å². The summed E-state index contributed by atoms with van der Waals surface area (Å²) in [6.07, 6.45) is 7.12. The van der Waals surface area contributed by atoms with E-state index in [0.29, 0.717) is 0 Å². The van der Waals surface area contributed by atoms with Crippen LogP contribution in [0.2, 0.25) is 0 Å². The van der Waals surface area contributed by atoms with Crippen molar-refractivity contribution in [2.45, 2.75) is 20.3 Å². The number of anilines is 1. The fourth-order valence-electron chi connectivity index (χ4n) is 3.64. The summed E-state index contributed by atoms with van der Waals surface area (Å²) in [6, 6.07) is 10.3. The minimum atomic E-state index is 0.803. The molecule has 27 heavy (non-hydrogen) atoms. The minimum Gasteiger partial charge on any atom is -0.496 e. The number of hydrogen-bond acceptors (Lipinski definition) is 5. The molecule has 5 nitrogen and oxygen atoms in total. The Morgan fingerprint density at radius 3 is 2.81 bits per heavy atom. The van der Waals surface area contributed by atoms with Gasteiger partial charge in [-0.3, -0.25) is 4.98 Å². The molecule has 0 saturated heterocycles. The first-order valence-electron chi connectivity index (χ1n) is 9.14. The standard InChI is InChI=1S/C22H23N3O2/c1-15-22(16(2)27-24-15)19-13-17-7-6-11-25(20(17)14-21(19)26-3)12-9-18-8-4-5-10-23-18/h4-8,10,13-14H,9,11-12H2,1-3H3. The maximum atomic E-state index is 5.72. The molecule has 0 N–H and O–H groups in total. The molecule has 3 aromatic rings. The van der Waals surface area contributed by atoms with E-state index in [2.05, 4.69) is 45.4 Å². The van der Waals surface area contributed by atoms with Crippen LogP contribution in [0, 0.1) is 13.8 Å². The molecule has 1 aliphatic rings. The van der Waals surface area contributed by atoms with E-state index in [0.717, 1.165) is 53.5 Å². The van der Waals surface area contributed by atoms with Gasteiger partial charge in [-0.05, 0) is 37.6 Å². The largest absolute Gasteiger partial charge is 0.496 e. The Hall–Kier alpha value is -3.08. The summed E-state index contributed by atoms with van der Waals surface area (Å²) in [7, 11) is 1.71. The topological polar surface area (TPSA) is 51.4 Å². The first-order valence-corrected chi connectivity index (χ1v) is 9.14. The van der Waals surface area contributed by atoms with Gasteiger partial charge in [-0.15, -0.1) is 0 Å². The van der Waals surface area contributed by atoms with Crippen LogP contribution in [0.15, 0.2) is 47.1 Å². The Kier molecular flexibility index (Phi) is 4.67. The third kappa shape index (κ3) is 3.33. The Morgan fingerprint density at radius 2 is 2.11 bits per heavy atom. The first kappa shape index (κ1) is 17.3. The lowest BCUT2D eigenvalue weighted by atomic mass is 9.97. The van der Waals surface area contributed by atoms with Gasteiger partial charge in [0.15, 0.2) is 0 Å². The smallest absolute Gasteiger partial charge is 0.141 e. The van der Waals surface area contributed by atoms with Gasteiger partial charge in [-0.2, -0.15) is 0 Å². The van der Waals surface area contributed by atoms with Crippen molar-refractivity contribution in [3.8, 4) is 16.9 Å². The average Bonchev–Trinajstić information content (AvgIpc) is 3.04. The zero-order valence-corrected chi connectivity index (χ0v) is 15.9. The highest BCUT2D eigenvalue weighted by atomic mass is 16.5. The highest BCUT2D eigenvalue weighted by molar-refractivity contribution is 5.83. The SMILES string of the molecule is COc1cc2c(cc1-c1c(C)noc1C)C=CCN2CCc1ccccn1. The summed E-state index contributed by atoms with van der Waals surface area (Å²) >= 11 is 0. The fourth-order valence-corrected chi connectivity index (χ4v) is 3.64. The summed E-state index contributed by atoms with van der Waals surface area (Å²) in [5, 5.41) is 4.09. The summed E-state index contributed by atoms with van der Waals surface area (Å²) in [5.74, 6) is 1.64. The number of methoxy groups -OCH3 is 1. The zero-order valence-electron chi connectivity index (χ0n) is 15.9. The van der Waals surface area contributed by atoms with Crippen molar-refractivity contribution in [1.29, 1.82) is 0 Å². The van der Waals surface area contributed by atoms with E-state index in [1.165, 1.54) is 11.3 Å². The molecule has 1 aliphatic heterocycles. The first-order chi connectivity index (χ1) is 13.2. The summed E-state index contributed by atoms with van der Waals surface area (Å²) < 4.78 is 11.1. The van der Waals surface area contributed by atoms with Crippen molar-refractivity contribution < 1.29 is 9.26 Å². The summed E-state index contributed by atoms with van der Waals surface area (Å²) in [4.78, 5) is 6.80. The Labute approximate surface area is 159 Å². The molecule has 0 aliphatic carbocycles. The predicted octanol–water partition coefficient (Wildman–Crippen LogP) is 4.44. The normalized spacial score (nSPS) is 12.9. The Bertz CT molecular complexity index is 957. The van der Waals surface area contributed by atoms with Crippen LogP contribution in [0.4, 0.5) is 5.69 Å². The van der Waals surface area contributed by atoms with E-state index >= 15 is 0 Å². The highest BCUT2D eigenvalue weighted by Gasteiger charge is 2.21. The van der Waals surface area contributed by atoms with Crippen LogP contribution < -0.4 is 9.64 Å². The molecular weight excluding hydrogens is 338 g/mol. The monoisotopic (exact) mass is 361 g/mol. The van der Waals surface area contributed by atoms with Gasteiger partial charge >= 0.3 is 0 Å². The Morgan fingerprint density at radius 1 is 1.22 bits per heavy atom. The number of fused-ring (bicyclic) bond motifs is 1. The zero-order chi connectivity index (χ0) is 18.8. The number of aryl methyl sites for hydroxylation is 2. The molecule has 0 atom stereocenters. The van der Waals surface area contributed by atoms with Gasteiger partial charge in [-0.1, -0.05) is 23.4 Å². The van der Waals surface area contributed by atoms with Crippen LogP contribution in [-0.4, -0.2) is 30.3 Å². The van der Waals surface area contributed by atoms with Crippen LogP contribution in [0.5, 0.6) is 5.75 Å². The molecule has 138 valence electrons. The van der Waals surface area contributed by atoms with Crippen LogP contribution in [0.1, 0.15) is 22.7 Å². The number of nitrogens with zero attached hydrogens (tertiary/aromatic N) is 3. The average molecular weight is 361 g/mol. The molecular formula is C22H23N3O2. The second-order valence-electron chi connectivity index (χ2n) is 6.73. The van der Waals surface area contributed by atoms with Crippen molar-refractivity contribution in [1.82, 2.24) is 10.1 Å². The maximum absolute atomic E-state index is 5.72. The van der Waals surface area contributed by atoms with E-state index < -0.39 is 0 Å². The molecule has 0 fully saturated rings. The van der Waals surface area contributed by atoms with Crippen LogP contribution in [0.25, 0.3) is 17.2 Å². The number of ether oxygens (including phenoxy) is 1. The lowest BCUT2D eigenvalue weighted by Crippen LogP contribution is -2.28. The molecule has 0 unspecified atom stereocenters. The third-order valence-electron chi connectivity index (χ3n) is 4.98. The lowest BCUT2D eigenvalue weighted by Gasteiger charge is -2.29. The van der Waals surface area contributed by atoms with Crippen LogP contribution in [0.3, 0.4) is 0 Å². The van der Waals surface area contributed by atoms with Crippen molar-refractivity contribution in [3.05, 3.63) is 65.3 Å². The molecule has 3 heterocycles. The number of rotatable bonds is 5. The van der Waals surface area contributed by atoms with Gasteiger partial charge in [-0.25, -0.2) is 0 Å². The number of benzene rings is 1. The number of pyridine rings is 1. The minimum absolute atomic E-state index is 0.803. The van der Waals surface area contributed by atoms with Gasteiger partial charge in [0.1, 0.15) is 11.5 Å². The molecule has 0 radical (unpaired) electrons.